The van der Waals surface area contributed by atoms with Crippen molar-refractivity contribution in [2.75, 3.05) is 6.54 Å². The molecule has 1 aromatic carbocycles. The van der Waals surface area contributed by atoms with Gasteiger partial charge < -0.3 is 15.4 Å². The third kappa shape index (κ3) is 5.29. The largest absolute Gasteiger partial charge is 0.490 e. The van der Waals surface area contributed by atoms with E-state index in [0.717, 1.165) is 24.2 Å². The highest BCUT2D eigenvalue weighted by Gasteiger charge is 2.17. The van der Waals surface area contributed by atoms with Gasteiger partial charge in [0, 0.05) is 18.7 Å². The summed E-state index contributed by atoms with van der Waals surface area (Å²) in [6.07, 6.45) is 5.11. The highest BCUT2D eigenvalue weighted by Crippen LogP contribution is 2.26. The number of ether oxygens (including phenoxy) is 1. The number of carbonyl (C=O) groups is 1. The zero-order chi connectivity index (χ0) is 15.1. The van der Waals surface area contributed by atoms with Gasteiger partial charge in [-0.05, 0) is 37.7 Å². The SMILES string of the molecule is CC(C)CNC(=O)NCc1ccccc1OC1CCCC1. The Balaban J connectivity index is 1.85. The van der Waals surface area contributed by atoms with E-state index in [1.165, 1.54) is 12.8 Å². The minimum absolute atomic E-state index is 0.126. The summed E-state index contributed by atoms with van der Waals surface area (Å²) in [6.45, 7) is 5.33. The van der Waals surface area contributed by atoms with E-state index >= 15 is 0 Å². The second kappa shape index (κ2) is 7.91. The van der Waals surface area contributed by atoms with E-state index < -0.39 is 0 Å². The van der Waals surface area contributed by atoms with E-state index in [-0.39, 0.29) is 6.03 Å². The van der Waals surface area contributed by atoms with E-state index in [1.807, 2.05) is 24.3 Å². The zero-order valence-electron chi connectivity index (χ0n) is 13.0. The lowest BCUT2D eigenvalue weighted by Crippen LogP contribution is -2.37. The fraction of sp³-hybridized carbons (Fsp3) is 0.588. The van der Waals surface area contributed by atoms with Crippen LogP contribution in [-0.4, -0.2) is 18.7 Å². The first-order valence-corrected chi connectivity index (χ1v) is 7.91. The Morgan fingerprint density at radius 2 is 1.95 bits per heavy atom. The quantitative estimate of drug-likeness (QED) is 0.843. The highest BCUT2D eigenvalue weighted by molar-refractivity contribution is 5.73. The number of amides is 2. The molecule has 0 unspecified atom stereocenters. The summed E-state index contributed by atoms with van der Waals surface area (Å²) in [4.78, 5) is 11.7. The van der Waals surface area contributed by atoms with Gasteiger partial charge in [-0.15, -0.1) is 0 Å². The molecule has 0 saturated heterocycles. The predicted molar refractivity (Wildman–Crippen MR) is 84.4 cm³/mol. The average molecular weight is 290 g/mol. The lowest BCUT2D eigenvalue weighted by molar-refractivity contribution is 0.207. The Morgan fingerprint density at radius 1 is 1.24 bits per heavy atom. The Kier molecular flexibility index (Phi) is 5.90. The zero-order valence-corrected chi connectivity index (χ0v) is 13.0. The summed E-state index contributed by atoms with van der Waals surface area (Å²) >= 11 is 0. The minimum Gasteiger partial charge on any atom is -0.490 e. The van der Waals surface area contributed by atoms with Crippen LogP contribution in [0.1, 0.15) is 45.1 Å². The van der Waals surface area contributed by atoms with Gasteiger partial charge in [0.15, 0.2) is 0 Å². The molecule has 4 heteroatoms. The van der Waals surface area contributed by atoms with Crippen LogP contribution in [0.2, 0.25) is 0 Å². The molecule has 1 aromatic rings. The summed E-state index contributed by atoms with van der Waals surface area (Å²) in [5.74, 6) is 1.35. The minimum atomic E-state index is -0.126. The van der Waals surface area contributed by atoms with Crippen LogP contribution in [0, 0.1) is 5.92 Å². The van der Waals surface area contributed by atoms with E-state index in [2.05, 4.69) is 24.5 Å². The van der Waals surface area contributed by atoms with Crippen molar-refractivity contribution in [1.82, 2.24) is 10.6 Å². The number of hydrogen-bond donors (Lipinski definition) is 2. The first-order chi connectivity index (χ1) is 10.1. The molecule has 0 aliphatic heterocycles. The van der Waals surface area contributed by atoms with Gasteiger partial charge >= 0.3 is 6.03 Å². The molecular formula is C17H26N2O2. The number of para-hydroxylation sites is 1. The fourth-order valence-corrected chi connectivity index (χ4v) is 2.49. The molecule has 21 heavy (non-hydrogen) atoms. The van der Waals surface area contributed by atoms with Gasteiger partial charge in [-0.3, -0.25) is 0 Å². The van der Waals surface area contributed by atoms with Crippen LogP contribution in [-0.2, 0) is 6.54 Å². The van der Waals surface area contributed by atoms with Gasteiger partial charge in [-0.25, -0.2) is 4.79 Å². The molecule has 0 spiro atoms. The van der Waals surface area contributed by atoms with Gasteiger partial charge in [-0.1, -0.05) is 32.0 Å². The lowest BCUT2D eigenvalue weighted by atomic mass is 10.2. The monoisotopic (exact) mass is 290 g/mol. The molecule has 1 aliphatic carbocycles. The number of nitrogens with one attached hydrogen (secondary N) is 2. The Hall–Kier alpha value is -1.71. The second-order valence-corrected chi connectivity index (χ2v) is 6.09. The van der Waals surface area contributed by atoms with E-state index in [0.29, 0.717) is 25.1 Å². The van der Waals surface area contributed by atoms with Crippen LogP contribution in [0.5, 0.6) is 5.75 Å². The van der Waals surface area contributed by atoms with Gasteiger partial charge in [0.05, 0.1) is 6.10 Å². The van der Waals surface area contributed by atoms with Crippen LogP contribution in [0.4, 0.5) is 4.79 Å². The van der Waals surface area contributed by atoms with E-state index in [9.17, 15) is 4.79 Å². The standard InChI is InChI=1S/C17H26N2O2/c1-13(2)11-18-17(20)19-12-14-7-3-6-10-16(14)21-15-8-4-5-9-15/h3,6-7,10,13,15H,4-5,8-9,11-12H2,1-2H3,(H2,18,19,20). The summed E-state index contributed by atoms with van der Waals surface area (Å²) in [7, 11) is 0. The van der Waals surface area contributed by atoms with Crippen molar-refractivity contribution in [1.29, 1.82) is 0 Å². The molecule has 2 rings (SSSR count). The summed E-state index contributed by atoms with van der Waals surface area (Å²) in [6, 6.07) is 7.82. The van der Waals surface area contributed by atoms with Crippen LogP contribution in [0.3, 0.4) is 0 Å². The van der Waals surface area contributed by atoms with Crippen molar-refractivity contribution < 1.29 is 9.53 Å². The molecule has 1 saturated carbocycles. The first kappa shape index (κ1) is 15.7. The molecule has 0 atom stereocenters. The molecule has 1 fully saturated rings. The molecule has 2 N–H and O–H groups in total. The normalized spacial score (nSPS) is 15.2. The Bertz CT molecular complexity index is 454. The molecule has 2 amide bonds. The fourth-order valence-electron chi connectivity index (χ4n) is 2.49. The topological polar surface area (TPSA) is 50.4 Å². The molecule has 116 valence electrons. The van der Waals surface area contributed by atoms with Gasteiger partial charge in [0.1, 0.15) is 5.75 Å². The van der Waals surface area contributed by atoms with E-state index in [4.69, 9.17) is 4.74 Å². The van der Waals surface area contributed by atoms with Crippen molar-refractivity contribution in [2.45, 2.75) is 52.2 Å². The molecule has 1 aliphatic rings. The van der Waals surface area contributed by atoms with Crippen LogP contribution < -0.4 is 15.4 Å². The van der Waals surface area contributed by atoms with Crippen molar-refractivity contribution >= 4 is 6.03 Å². The highest BCUT2D eigenvalue weighted by atomic mass is 16.5. The number of urea groups is 1. The smallest absolute Gasteiger partial charge is 0.315 e. The van der Waals surface area contributed by atoms with Gasteiger partial charge in [0.2, 0.25) is 0 Å². The number of carbonyl (C=O) groups excluding carboxylic acids is 1. The predicted octanol–water partition coefficient (Wildman–Crippen LogP) is 3.46. The number of rotatable bonds is 6. The molecular weight excluding hydrogens is 264 g/mol. The average Bonchev–Trinajstić information content (AvgIpc) is 2.97. The molecule has 0 bridgehead atoms. The van der Waals surface area contributed by atoms with Crippen molar-refractivity contribution in [2.24, 2.45) is 5.92 Å². The molecule has 0 aromatic heterocycles. The maximum Gasteiger partial charge on any atom is 0.315 e. The van der Waals surface area contributed by atoms with Crippen LogP contribution in [0.25, 0.3) is 0 Å². The van der Waals surface area contributed by atoms with Crippen molar-refractivity contribution in [3.05, 3.63) is 29.8 Å². The molecule has 4 nitrogen and oxygen atoms in total. The lowest BCUT2D eigenvalue weighted by Gasteiger charge is -2.17. The van der Waals surface area contributed by atoms with Crippen molar-refractivity contribution in [3.8, 4) is 5.75 Å². The van der Waals surface area contributed by atoms with Gasteiger partial charge in [-0.2, -0.15) is 0 Å². The van der Waals surface area contributed by atoms with Crippen LogP contribution >= 0.6 is 0 Å². The molecule has 0 radical (unpaired) electrons. The summed E-state index contributed by atoms with van der Waals surface area (Å²) in [5.41, 5.74) is 1.03. The van der Waals surface area contributed by atoms with Gasteiger partial charge in [0.25, 0.3) is 0 Å². The Labute approximate surface area is 127 Å². The third-order valence-corrected chi connectivity index (χ3v) is 3.68. The third-order valence-electron chi connectivity index (χ3n) is 3.68. The van der Waals surface area contributed by atoms with Crippen molar-refractivity contribution in [3.63, 3.8) is 0 Å². The number of hydrogen-bond acceptors (Lipinski definition) is 2. The second-order valence-electron chi connectivity index (χ2n) is 6.09. The van der Waals surface area contributed by atoms with E-state index in [1.54, 1.807) is 0 Å². The summed E-state index contributed by atoms with van der Waals surface area (Å²) < 4.78 is 6.07. The Morgan fingerprint density at radius 3 is 2.67 bits per heavy atom. The maximum atomic E-state index is 11.7. The molecule has 0 heterocycles. The first-order valence-electron chi connectivity index (χ1n) is 7.91. The van der Waals surface area contributed by atoms with Crippen LogP contribution in [0.15, 0.2) is 24.3 Å². The summed E-state index contributed by atoms with van der Waals surface area (Å²) in [5, 5.41) is 5.74. The maximum absolute atomic E-state index is 11.7. The number of benzene rings is 1.